The lowest BCUT2D eigenvalue weighted by Crippen LogP contribution is -2.02. The largest absolute Gasteiger partial charge is 0.478 e. The molecule has 4 nitrogen and oxygen atoms in total. The van der Waals surface area contributed by atoms with Crippen molar-refractivity contribution in [3.05, 3.63) is 52.7 Å². The molecule has 2 aromatic rings. The van der Waals surface area contributed by atoms with Crippen molar-refractivity contribution < 1.29 is 22.9 Å². The van der Waals surface area contributed by atoms with Gasteiger partial charge < -0.3 is 9.52 Å². The van der Waals surface area contributed by atoms with E-state index in [4.69, 9.17) is 21.1 Å². The first-order chi connectivity index (χ1) is 8.99. The molecule has 0 fully saturated rings. The maximum absolute atomic E-state index is 13.0. The van der Waals surface area contributed by atoms with Gasteiger partial charge in [-0.25, -0.2) is 9.18 Å². The summed E-state index contributed by atoms with van der Waals surface area (Å²) < 4.78 is 30.0. The molecule has 0 radical (unpaired) electrons. The van der Waals surface area contributed by atoms with Gasteiger partial charge in [0, 0.05) is 4.90 Å². The average Bonchev–Trinajstić information content (AvgIpc) is 2.80. The van der Waals surface area contributed by atoms with E-state index in [1.165, 1.54) is 24.5 Å². The fourth-order valence-corrected chi connectivity index (χ4v) is 2.81. The van der Waals surface area contributed by atoms with Gasteiger partial charge in [0.1, 0.15) is 17.1 Å². The van der Waals surface area contributed by atoms with Gasteiger partial charge in [-0.15, -0.1) is 0 Å². The molecule has 19 heavy (non-hydrogen) atoms. The van der Waals surface area contributed by atoms with Gasteiger partial charge in [-0.2, -0.15) is 0 Å². The Labute approximate surface area is 115 Å². The van der Waals surface area contributed by atoms with Crippen LogP contribution in [0.5, 0.6) is 0 Å². The third kappa shape index (κ3) is 3.02. The number of rotatable bonds is 4. The fraction of sp³-hybridized carbons (Fsp3) is 0.0833. The monoisotopic (exact) mass is 302 g/mol. The lowest BCUT2D eigenvalue weighted by molar-refractivity contribution is 0.0695. The summed E-state index contributed by atoms with van der Waals surface area (Å²) in [4.78, 5) is 11.2. The van der Waals surface area contributed by atoms with E-state index in [-0.39, 0.29) is 22.1 Å². The van der Waals surface area contributed by atoms with Crippen molar-refractivity contribution in [1.29, 1.82) is 0 Å². The predicted molar refractivity (Wildman–Crippen MR) is 67.2 cm³/mol. The number of benzene rings is 1. The topological polar surface area (TPSA) is 67.5 Å². The van der Waals surface area contributed by atoms with Gasteiger partial charge >= 0.3 is 5.97 Å². The second-order valence-electron chi connectivity index (χ2n) is 3.63. The number of carboxylic acids is 1. The maximum atomic E-state index is 13.0. The number of carbonyl (C=O) groups is 1. The van der Waals surface area contributed by atoms with E-state index in [0.29, 0.717) is 4.90 Å². The van der Waals surface area contributed by atoms with Crippen molar-refractivity contribution in [2.24, 2.45) is 0 Å². The third-order valence-corrected chi connectivity index (χ3v) is 3.99. The molecule has 0 aliphatic carbocycles. The summed E-state index contributed by atoms with van der Waals surface area (Å²) >= 11 is 5.59. The van der Waals surface area contributed by atoms with Crippen molar-refractivity contribution in [2.45, 2.75) is 10.6 Å². The molecular weight excluding hydrogens is 295 g/mol. The zero-order chi connectivity index (χ0) is 14.0. The van der Waals surface area contributed by atoms with E-state index in [1.807, 2.05) is 0 Å². The molecule has 1 atom stereocenters. The third-order valence-electron chi connectivity index (χ3n) is 2.39. The van der Waals surface area contributed by atoms with Crippen molar-refractivity contribution >= 4 is 28.4 Å². The Morgan fingerprint density at radius 3 is 2.79 bits per heavy atom. The molecule has 0 spiro atoms. The molecular formula is C12H8ClFO4S. The SMILES string of the molecule is O=C(O)c1ccoc1CS(=O)c1ccc(F)c(Cl)c1. The molecule has 0 aliphatic heterocycles. The van der Waals surface area contributed by atoms with Crippen LogP contribution in [0.3, 0.4) is 0 Å². The summed E-state index contributed by atoms with van der Waals surface area (Å²) in [7, 11) is -1.57. The quantitative estimate of drug-likeness (QED) is 0.942. The van der Waals surface area contributed by atoms with Crippen LogP contribution in [0, 0.1) is 5.82 Å². The number of aromatic carboxylic acids is 1. The molecule has 0 bridgehead atoms. The van der Waals surface area contributed by atoms with Crippen LogP contribution in [0.15, 0.2) is 39.8 Å². The predicted octanol–water partition coefficient (Wildman–Crippen LogP) is 3.08. The van der Waals surface area contributed by atoms with Crippen LogP contribution in [0.2, 0.25) is 5.02 Å². The first kappa shape index (κ1) is 13.8. The Hall–Kier alpha value is -1.66. The highest BCUT2D eigenvalue weighted by atomic mass is 35.5. The fourth-order valence-electron chi connectivity index (χ4n) is 1.46. The minimum atomic E-state index is -1.57. The van der Waals surface area contributed by atoms with E-state index < -0.39 is 22.6 Å². The molecule has 1 N–H and O–H groups in total. The highest BCUT2D eigenvalue weighted by Crippen LogP contribution is 2.21. The molecule has 2 rings (SSSR count). The van der Waals surface area contributed by atoms with Crippen LogP contribution < -0.4 is 0 Å². The summed E-state index contributed by atoms with van der Waals surface area (Å²) in [5.74, 6) is -1.77. The van der Waals surface area contributed by atoms with Gasteiger partial charge in [-0.1, -0.05) is 11.6 Å². The summed E-state index contributed by atoms with van der Waals surface area (Å²) in [6.45, 7) is 0. The number of furan rings is 1. The molecule has 0 saturated heterocycles. The van der Waals surface area contributed by atoms with Crippen LogP contribution in [-0.4, -0.2) is 15.3 Å². The summed E-state index contributed by atoms with van der Waals surface area (Å²) in [5.41, 5.74) is -0.0402. The molecule has 0 aliphatic rings. The van der Waals surface area contributed by atoms with Gasteiger partial charge in [0.05, 0.1) is 27.8 Å². The van der Waals surface area contributed by atoms with Crippen molar-refractivity contribution in [3.63, 3.8) is 0 Å². The minimum absolute atomic E-state index is 0.0402. The number of halogens is 2. The first-order valence-corrected chi connectivity index (χ1v) is 6.82. The van der Waals surface area contributed by atoms with Crippen molar-refractivity contribution in [3.8, 4) is 0 Å². The average molecular weight is 303 g/mol. The zero-order valence-corrected chi connectivity index (χ0v) is 11.0. The standard InChI is InChI=1S/C12H8ClFO4S/c13-9-5-7(1-2-10(9)14)19(17)6-11-8(12(15)16)3-4-18-11/h1-5H,6H2,(H,15,16). The van der Waals surface area contributed by atoms with Crippen LogP contribution >= 0.6 is 11.6 Å². The molecule has 0 saturated carbocycles. The molecule has 0 amide bonds. The Kier molecular flexibility index (Phi) is 4.01. The highest BCUT2D eigenvalue weighted by Gasteiger charge is 2.17. The smallest absolute Gasteiger partial charge is 0.339 e. The Bertz CT molecular complexity index is 653. The Balaban J connectivity index is 2.23. The molecule has 1 heterocycles. The van der Waals surface area contributed by atoms with Crippen molar-refractivity contribution in [1.82, 2.24) is 0 Å². The van der Waals surface area contributed by atoms with Crippen LogP contribution in [-0.2, 0) is 16.6 Å². The molecule has 100 valence electrons. The van der Waals surface area contributed by atoms with E-state index in [9.17, 15) is 13.4 Å². The van der Waals surface area contributed by atoms with Crippen molar-refractivity contribution in [2.75, 3.05) is 0 Å². The molecule has 1 aromatic heterocycles. The number of hydrogen-bond donors (Lipinski definition) is 1. The summed E-state index contributed by atoms with van der Waals surface area (Å²) in [5, 5.41) is 8.75. The van der Waals surface area contributed by atoms with Gasteiger partial charge in [-0.05, 0) is 24.3 Å². The van der Waals surface area contributed by atoms with E-state index in [0.717, 1.165) is 6.07 Å². The van der Waals surface area contributed by atoms with Crippen LogP contribution in [0.25, 0.3) is 0 Å². The summed E-state index contributed by atoms with van der Waals surface area (Å²) in [6, 6.07) is 4.97. The Morgan fingerprint density at radius 1 is 1.42 bits per heavy atom. The Morgan fingerprint density at radius 2 is 2.16 bits per heavy atom. The summed E-state index contributed by atoms with van der Waals surface area (Å²) in [6.07, 6.45) is 1.22. The van der Waals surface area contributed by atoms with Crippen LogP contribution in [0.4, 0.5) is 4.39 Å². The minimum Gasteiger partial charge on any atom is -0.478 e. The first-order valence-electron chi connectivity index (χ1n) is 5.12. The van der Waals surface area contributed by atoms with E-state index >= 15 is 0 Å². The molecule has 7 heteroatoms. The zero-order valence-electron chi connectivity index (χ0n) is 9.43. The molecule has 1 unspecified atom stereocenters. The van der Waals surface area contributed by atoms with Gasteiger partial charge in [0.2, 0.25) is 0 Å². The lowest BCUT2D eigenvalue weighted by atomic mass is 10.3. The number of carboxylic acid groups (broad SMARTS) is 1. The number of hydrogen-bond acceptors (Lipinski definition) is 3. The van der Waals surface area contributed by atoms with E-state index in [1.54, 1.807) is 0 Å². The van der Waals surface area contributed by atoms with Gasteiger partial charge in [-0.3, -0.25) is 4.21 Å². The highest BCUT2D eigenvalue weighted by molar-refractivity contribution is 7.84. The lowest BCUT2D eigenvalue weighted by Gasteiger charge is -2.02. The maximum Gasteiger partial charge on any atom is 0.339 e. The molecule has 1 aromatic carbocycles. The van der Waals surface area contributed by atoms with Gasteiger partial charge in [0.15, 0.2) is 0 Å². The van der Waals surface area contributed by atoms with Crippen LogP contribution in [0.1, 0.15) is 16.1 Å². The second kappa shape index (κ2) is 5.54. The normalized spacial score (nSPS) is 12.3. The van der Waals surface area contributed by atoms with E-state index in [2.05, 4.69) is 0 Å². The van der Waals surface area contributed by atoms with Gasteiger partial charge in [0.25, 0.3) is 0 Å². The second-order valence-corrected chi connectivity index (χ2v) is 5.49.